The standard InChI is InChI=1S/C14H24N2O/c1-4-15-14(17)16-9-5-6-12-11(10(2)3)7-8-13(12)16/h7,10,12-13H,4-6,8-9H2,1-3H3,(H,15,17). The lowest BCUT2D eigenvalue weighted by atomic mass is 9.83. The number of hydrogen-bond donors (Lipinski definition) is 1. The van der Waals surface area contributed by atoms with E-state index < -0.39 is 0 Å². The van der Waals surface area contributed by atoms with Gasteiger partial charge in [-0.3, -0.25) is 0 Å². The van der Waals surface area contributed by atoms with Crippen molar-refractivity contribution in [3.05, 3.63) is 11.6 Å². The van der Waals surface area contributed by atoms with Crippen LogP contribution in [0.3, 0.4) is 0 Å². The summed E-state index contributed by atoms with van der Waals surface area (Å²) >= 11 is 0. The number of fused-ring (bicyclic) bond motifs is 1. The van der Waals surface area contributed by atoms with Crippen molar-refractivity contribution in [2.24, 2.45) is 11.8 Å². The van der Waals surface area contributed by atoms with E-state index in [4.69, 9.17) is 0 Å². The summed E-state index contributed by atoms with van der Waals surface area (Å²) < 4.78 is 0. The summed E-state index contributed by atoms with van der Waals surface area (Å²) in [6.07, 6.45) is 5.82. The average Bonchev–Trinajstić information content (AvgIpc) is 2.72. The van der Waals surface area contributed by atoms with Crippen LogP contribution in [0.4, 0.5) is 4.79 Å². The molecule has 3 nitrogen and oxygen atoms in total. The van der Waals surface area contributed by atoms with Gasteiger partial charge in [0.2, 0.25) is 0 Å². The molecule has 0 saturated carbocycles. The summed E-state index contributed by atoms with van der Waals surface area (Å²) in [7, 11) is 0. The summed E-state index contributed by atoms with van der Waals surface area (Å²) in [5.74, 6) is 1.24. The van der Waals surface area contributed by atoms with Crippen molar-refractivity contribution >= 4 is 6.03 Å². The number of carbonyl (C=O) groups is 1. The molecule has 1 aliphatic heterocycles. The van der Waals surface area contributed by atoms with Crippen molar-refractivity contribution < 1.29 is 4.79 Å². The molecule has 1 heterocycles. The first kappa shape index (κ1) is 12.5. The lowest BCUT2D eigenvalue weighted by Crippen LogP contribution is -2.51. The van der Waals surface area contributed by atoms with Gasteiger partial charge in [0.25, 0.3) is 0 Å². The fourth-order valence-corrected chi connectivity index (χ4v) is 3.31. The molecular weight excluding hydrogens is 212 g/mol. The highest BCUT2D eigenvalue weighted by molar-refractivity contribution is 5.74. The Labute approximate surface area is 104 Å². The topological polar surface area (TPSA) is 32.3 Å². The van der Waals surface area contributed by atoms with Gasteiger partial charge in [-0.25, -0.2) is 4.79 Å². The highest BCUT2D eigenvalue weighted by Crippen LogP contribution is 2.40. The van der Waals surface area contributed by atoms with E-state index >= 15 is 0 Å². The fourth-order valence-electron chi connectivity index (χ4n) is 3.31. The maximum Gasteiger partial charge on any atom is 0.317 e. The largest absolute Gasteiger partial charge is 0.338 e. The monoisotopic (exact) mass is 236 g/mol. The van der Waals surface area contributed by atoms with Crippen LogP contribution in [0.1, 0.15) is 40.0 Å². The number of carbonyl (C=O) groups excluding carboxylic acids is 1. The van der Waals surface area contributed by atoms with E-state index in [-0.39, 0.29) is 6.03 Å². The van der Waals surface area contributed by atoms with Crippen LogP contribution in [-0.4, -0.2) is 30.1 Å². The molecule has 0 spiro atoms. The van der Waals surface area contributed by atoms with Gasteiger partial charge in [0.1, 0.15) is 0 Å². The maximum atomic E-state index is 12.0. The van der Waals surface area contributed by atoms with Crippen LogP contribution in [0.25, 0.3) is 0 Å². The van der Waals surface area contributed by atoms with Gasteiger partial charge in [0.15, 0.2) is 0 Å². The van der Waals surface area contributed by atoms with Crippen molar-refractivity contribution in [2.75, 3.05) is 13.1 Å². The summed E-state index contributed by atoms with van der Waals surface area (Å²) in [6.45, 7) is 8.15. The fraction of sp³-hybridized carbons (Fsp3) is 0.786. The molecule has 96 valence electrons. The Morgan fingerprint density at radius 3 is 3.00 bits per heavy atom. The number of rotatable bonds is 2. The van der Waals surface area contributed by atoms with Crippen LogP contribution in [0.5, 0.6) is 0 Å². The third kappa shape index (κ3) is 2.33. The zero-order valence-electron chi connectivity index (χ0n) is 11.2. The van der Waals surface area contributed by atoms with E-state index in [2.05, 4.69) is 30.1 Å². The molecule has 2 amide bonds. The Kier molecular flexibility index (Phi) is 3.75. The highest BCUT2D eigenvalue weighted by Gasteiger charge is 2.39. The predicted molar refractivity (Wildman–Crippen MR) is 69.8 cm³/mol. The minimum atomic E-state index is 0.126. The Hall–Kier alpha value is -0.990. The summed E-state index contributed by atoms with van der Waals surface area (Å²) in [4.78, 5) is 14.1. The molecule has 0 aromatic heterocycles. The first-order valence-corrected chi connectivity index (χ1v) is 6.89. The molecule has 2 aliphatic rings. The van der Waals surface area contributed by atoms with Gasteiger partial charge in [-0.15, -0.1) is 0 Å². The molecule has 0 aromatic rings. The molecule has 1 fully saturated rings. The second-order valence-corrected chi connectivity index (χ2v) is 5.44. The number of likely N-dealkylation sites (tertiary alicyclic amines) is 1. The lowest BCUT2D eigenvalue weighted by molar-refractivity contribution is 0.131. The van der Waals surface area contributed by atoms with E-state index in [1.807, 2.05) is 6.92 Å². The van der Waals surface area contributed by atoms with E-state index in [1.165, 1.54) is 6.42 Å². The predicted octanol–water partition coefficient (Wildman–Crippen LogP) is 2.78. The number of urea groups is 1. The first-order chi connectivity index (χ1) is 8.15. The van der Waals surface area contributed by atoms with E-state index in [0.717, 1.165) is 25.9 Å². The molecule has 17 heavy (non-hydrogen) atoms. The van der Waals surface area contributed by atoms with Crippen LogP contribution in [-0.2, 0) is 0 Å². The van der Waals surface area contributed by atoms with E-state index in [0.29, 0.717) is 17.9 Å². The Morgan fingerprint density at radius 2 is 2.35 bits per heavy atom. The minimum Gasteiger partial charge on any atom is -0.338 e. The first-order valence-electron chi connectivity index (χ1n) is 6.89. The SMILES string of the molecule is CCNC(=O)N1CCCC2C(C(C)C)=CCC21. The zero-order chi connectivity index (χ0) is 12.4. The van der Waals surface area contributed by atoms with Gasteiger partial charge in [-0.05, 0) is 32.1 Å². The van der Waals surface area contributed by atoms with Gasteiger partial charge in [-0.1, -0.05) is 25.5 Å². The van der Waals surface area contributed by atoms with Gasteiger partial charge < -0.3 is 10.2 Å². The van der Waals surface area contributed by atoms with Crippen LogP contribution in [0, 0.1) is 11.8 Å². The summed E-state index contributed by atoms with van der Waals surface area (Å²) in [5, 5.41) is 2.94. The molecule has 2 unspecified atom stereocenters. The molecule has 3 heteroatoms. The van der Waals surface area contributed by atoms with Gasteiger partial charge in [-0.2, -0.15) is 0 Å². The molecule has 1 N–H and O–H groups in total. The van der Waals surface area contributed by atoms with Crippen LogP contribution < -0.4 is 5.32 Å². The summed E-state index contributed by atoms with van der Waals surface area (Å²) in [5.41, 5.74) is 1.57. The third-order valence-corrected chi connectivity index (χ3v) is 4.06. The van der Waals surface area contributed by atoms with Crippen molar-refractivity contribution in [3.63, 3.8) is 0 Å². The number of nitrogens with zero attached hydrogens (tertiary/aromatic N) is 1. The molecule has 1 saturated heterocycles. The van der Waals surface area contributed by atoms with E-state index in [9.17, 15) is 4.79 Å². The molecular formula is C14H24N2O. The molecule has 0 radical (unpaired) electrons. The minimum absolute atomic E-state index is 0.126. The van der Waals surface area contributed by atoms with E-state index in [1.54, 1.807) is 5.57 Å². The molecule has 0 aromatic carbocycles. The molecule has 2 atom stereocenters. The number of piperidine rings is 1. The van der Waals surface area contributed by atoms with Gasteiger partial charge in [0, 0.05) is 25.0 Å². The molecule has 0 bridgehead atoms. The van der Waals surface area contributed by atoms with Gasteiger partial charge >= 0.3 is 6.03 Å². The quantitative estimate of drug-likeness (QED) is 0.735. The van der Waals surface area contributed by atoms with Crippen LogP contribution in [0.15, 0.2) is 11.6 Å². The van der Waals surface area contributed by atoms with Crippen molar-refractivity contribution in [1.29, 1.82) is 0 Å². The number of hydrogen-bond acceptors (Lipinski definition) is 1. The van der Waals surface area contributed by atoms with Crippen LogP contribution in [0.2, 0.25) is 0 Å². The van der Waals surface area contributed by atoms with Crippen molar-refractivity contribution in [3.8, 4) is 0 Å². The average molecular weight is 236 g/mol. The van der Waals surface area contributed by atoms with Crippen LogP contribution >= 0.6 is 0 Å². The normalized spacial score (nSPS) is 28.0. The Morgan fingerprint density at radius 1 is 1.59 bits per heavy atom. The molecule has 2 rings (SSSR count). The molecule has 1 aliphatic carbocycles. The smallest absolute Gasteiger partial charge is 0.317 e. The Balaban J connectivity index is 2.07. The van der Waals surface area contributed by atoms with Crippen molar-refractivity contribution in [2.45, 2.75) is 46.1 Å². The second kappa shape index (κ2) is 5.11. The zero-order valence-corrected chi connectivity index (χ0v) is 11.2. The lowest BCUT2D eigenvalue weighted by Gasteiger charge is -2.39. The second-order valence-electron chi connectivity index (χ2n) is 5.44. The Bertz CT molecular complexity index is 322. The van der Waals surface area contributed by atoms with Crippen molar-refractivity contribution in [1.82, 2.24) is 10.2 Å². The summed E-state index contributed by atoms with van der Waals surface area (Å²) in [6, 6.07) is 0.549. The number of nitrogens with one attached hydrogen (secondary N) is 1. The maximum absolute atomic E-state index is 12.0. The van der Waals surface area contributed by atoms with Gasteiger partial charge in [0.05, 0.1) is 0 Å². The number of amides is 2. The third-order valence-electron chi connectivity index (χ3n) is 4.06. The highest BCUT2D eigenvalue weighted by atomic mass is 16.2.